The van der Waals surface area contributed by atoms with Crippen LogP contribution in [-0.4, -0.2) is 16.4 Å². The maximum atomic E-state index is 5.29. The van der Waals surface area contributed by atoms with E-state index < -0.39 is 0 Å². The third kappa shape index (κ3) is 4.04. The Kier molecular flexibility index (Phi) is 8.01. The van der Waals surface area contributed by atoms with Gasteiger partial charge in [0.1, 0.15) is 0 Å². The van der Waals surface area contributed by atoms with Crippen LogP contribution in [0.5, 0.6) is 0 Å². The monoisotopic (exact) mass is 212 g/mol. The molecule has 1 aromatic heterocycles. The molecular formula is C12H24N2O. The van der Waals surface area contributed by atoms with Crippen molar-refractivity contribution in [2.24, 2.45) is 0 Å². The molecule has 88 valence electrons. The minimum absolute atomic E-state index is 0.729. The Morgan fingerprint density at radius 1 is 1.33 bits per heavy atom. The summed E-state index contributed by atoms with van der Waals surface area (Å²) in [5.41, 5.74) is 2.39. The fraction of sp³-hybridized carbons (Fsp3) is 0.750. The minimum atomic E-state index is 0.729. The molecule has 0 saturated heterocycles. The SMILES string of the molecule is CC.CC.CCc1cc2n(n1)CCOC2. The van der Waals surface area contributed by atoms with Crippen molar-refractivity contribution in [2.45, 2.75) is 54.2 Å². The molecule has 0 aliphatic carbocycles. The summed E-state index contributed by atoms with van der Waals surface area (Å²) in [6, 6.07) is 2.12. The van der Waals surface area contributed by atoms with Gasteiger partial charge < -0.3 is 4.74 Å². The molecule has 15 heavy (non-hydrogen) atoms. The zero-order valence-electron chi connectivity index (χ0n) is 10.7. The molecule has 1 aromatic rings. The second-order valence-electron chi connectivity index (χ2n) is 2.76. The van der Waals surface area contributed by atoms with Crippen LogP contribution in [0.1, 0.15) is 46.0 Å². The van der Waals surface area contributed by atoms with Crippen LogP contribution in [0.25, 0.3) is 0 Å². The number of hydrogen-bond donors (Lipinski definition) is 0. The smallest absolute Gasteiger partial charge is 0.0885 e. The first-order valence-corrected chi connectivity index (χ1v) is 6.03. The van der Waals surface area contributed by atoms with Gasteiger partial charge in [-0.15, -0.1) is 0 Å². The second-order valence-corrected chi connectivity index (χ2v) is 2.76. The van der Waals surface area contributed by atoms with E-state index in [0.29, 0.717) is 0 Å². The Morgan fingerprint density at radius 2 is 2.00 bits per heavy atom. The van der Waals surface area contributed by atoms with Crippen molar-refractivity contribution in [3.05, 3.63) is 17.5 Å². The first-order chi connectivity index (χ1) is 7.40. The summed E-state index contributed by atoms with van der Waals surface area (Å²) in [5, 5.41) is 4.41. The molecule has 1 aliphatic heterocycles. The average Bonchev–Trinajstić information content (AvgIpc) is 2.77. The van der Waals surface area contributed by atoms with Crippen LogP contribution in [0.3, 0.4) is 0 Å². The molecule has 0 fully saturated rings. The summed E-state index contributed by atoms with van der Waals surface area (Å²) in [4.78, 5) is 0. The molecule has 0 N–H and O–H groups in total. The number of hydrogen-bond acceptors (Lipinski definition) is 2. The van der Waals surface area contributed by atoms with E-state index in [-0.39, 0.29) is 0 Å². The lowest BCUT2D eigenvalue weighted by Crippen LogP contribution is -2.16. The van der Waals surface area contributed by atoms with Crippen LogP contribution < -0.4 is 0 Å². The third-order valence-corrected chi connectivity index (χ3v) is 1.97. The Balaban J connectivity index is 0.000000442. The Hall–Kier alpha value is -0.830. The van der Waals surface area contributed by atoms with Crippen molar-refractivity contribution < 1.29 is 4.74 Å². The quantitative estimate of drug-likeness (QED) is 0.715. The first-order valence-electron chi connectivity index (χ1n) is 6.03. The fourth-order valence-electron chi connectivity index (χ4n) is 1.33. The van der Waals surface area contributed by atoms with Crippen molar-refractivity contribution in [3.63, 3.8) is 0 Å². The number of ether oxygens (including phenoxy) is 1. The molecule has 0 unspecified atom stereocenters. The zero-order chi connectivity index (χ0) is 11.7. The van der Waals surface area contributed by atoms with Gasteiger partial charge in [0.25, 0.3) is 0 Å². The summed E-state index contributed by atoms with van der Waals surface area (Å²) in [6.45, 7) is 12.6. The van der Waals surface area contributed by atoms with Crippen molar-refractivity contribution in [1.82, 2.24) is 9.78 Å². The predicted molar refractivity (Wildman–Crippen MR) is 64.0 cm³/mol. The van der Waals surface area contributed by atoms with Gasteiger partial charge in [-0.3, -0.25) is 4.68 Å². The summed E-state index contributed by atoms with van der Waals surface area (Å²) >= 11 is 0. The van der Waals surface area contributed by atoms with Gasteiger partial charge in [0.15, 0.2) is 0 Å². The molecule has 1 aliphatic rings. The first kappa shape index (κ1) is 14.2. The van der Waals surface area contributed by atoms with Gasteiger partial charge in [-0.2, -0.15) is 5.10 Å². The highest BCUT2D eigenvalue weighted by atomic mass is 16.5. The van der Waals surface area contributed by atoms with E-state index in [0.717, 1.165) is 26.2 Å². The second kappa shape index (κ2) is 8.48. The maximum absolute atomic E-state index is 5.29. The molecule has 2 rings (SSSR count). The van der Waals surface area contributed by atoms with Gasteiger partial charge >= 0.3 is 0 Å². The number of aryl methyl sites for hydroxylation is 1. The molecule has 0 spiro atoms. The number of rotatable bonds is 1. The van der Waals surface area contributed by atoms with Crippen LogP contribution in [0.2, 0.25) is 0 Å². The Morgan fingerprint density at radius 3 is 2.53 bits per heavy atom. The van der Waals surface area contributed by atoms with E-state index in [2.05, 4.69) is 18.1 Å². The Labute approximate surface area is 93.4 Å². The molecule has 0 aromatic carbocycles. The predicted octanol–water partition coefficient (Wildman–Crippen LogP) is 3.03. The standard InChI is InChI=1S/C8H12N2O.2C2H6/c1-2-7-5-8-6-11-4-3-10(8)9-7;2*1-2/h5H,2-4,6H2,1H3;2*1-2H3. The number of fused-ring (bicyclic) bond motifs is 1. The normalized spacial score (nSPS) is 12.9. The van der Waals surface area contributed by atoms with E-state index in [1.165, 1.54) is 11.4 Å². The topological polar surface area (TPSA) is 27.1 Å². The summed E-state index contributed by atoms with van der Waals surface area (Å²) in [7, 11) is 0. The van der Waals surface area contributed by atoms with Crippen LogP contribution in [0, 0.1) is 0 Å². The molecule has 0 amide bonds. The highest BCUT2D eigenvalue weighted by molar-refractivity contribution is 5.10. The van der Waals surface area contributed by atoms with Gasteiger partial charge in [-0.25, -0.2) is 0 Å². The summed E-state index contributed by atoms with van der Waals surface area (Å²) < 4.78 is 7.34. The van der Waals surface area contributed by atoms with Crippen LogP contribution in [0.4, 0.5) is 0 Å². The van der Waals surface area contributed by atoms with Crippen molar-refractivity contribution in [3.8, 4) is 0 Å². The van der Waals surface area contributed by atoms with E-state index >= 15 is 0 Å². The molecule has 0 radical (unpaired) electrons. The van der Waals surface area contributed by atoms with E-state index in [4.69, 9.17) is 4.74 Å². The van der Waals surface area contributed by atoms with Crippen molar-refractivity contribution in [2.75, 3.05) is 6.61 Å². The molecule has 3 heteroatoms. The summed E-state index contributed by atoms with van der Waals surface area (Å²) in [5.74, 6) is 0. The van der Waals surface area contributed by atoms with Crippen molar-refractivity contribution >= 4 is 0 Å². The van der Waals surface area contributed by atoms with Gasteiger partial charge in [0.05, 0.1) is 31.1 Å². The van der Waals surface area contributed by atoms with Crippen LogP contribution in [0.15, 0.2) is 6.07 Å². The van der Waals surface area contributed by atoms with Gasteiger partial charge in [0, 0.05) is 0 Å². The van der Waals surface area contributed by atoms with Gasteiger partial charge in [-0.1, -0.05) is 34.6 Å². The molecule has 0 saturated carbocycles. The lowest BCUT2D eigenvalue weighted by atomic mass is 10.3. The fourth-order valence-corrected chi connectivity index (χ4v) is 1.33. The zero-order valence-corrected chi connectivity index (χ0v) is 10.7. The van der Waals surface area contributed by atoms with Gasteiger partial charge in [-0.05, 0) is 12.5 Å². The Bertz CT molecular complexity index is 233. The van der Waals surface area contributed by atoms with Crippen LogP contribution >= 0.6 is 0 Å². The summed E-state index contributed by atoms with van der Waals surface area (Å²) in [6.07, 6.45) is 1.01. The van der Waals surface area contributed by atoms with E-state index in [1.807, 2.05) is 32.4 Å². The third-order valence-electron chi connectivity index (χ3n) is 1.97. The lowest BCUT2D eigenvalue weighted by molar-refractivity contribution is 0.0800. The molecular weight excluding hydrogens is 188 g/mol. The van der Waals surface area contributed by atoms with E-state index in [1.54, 1.807) is 0 Å². The molecule has 2 heterocycles. The van der Waals surface area contributed by atoms with E-state index in [9.17, 15) is 0 Å². The number of nitrogens with zero attached hydrogens (tertiary/aromatic N) is 2. The van der Waals surface area contributed by atoms with Gasteiger partial charge in [0.2, 0.25) is 0 Å². The minimum Gasteiger partial charge on any atom is -0.373 e. The maximum Gasteiger partial charge on any atom is 0.0885 e. The highest BCUT2D eigenvalue weighted by Crippen LogP contribution is 2.10. The number of aromatic nitrogens is 2. The lowest BCUT2D eigenvalue weighted by Gasteiger charge is -2.12. The molecule has 0 atom stereocenters. The average molecular weight is 212 g/mol. The largest absolute Gasteiger partial charge is 0.373 e. The van der Waals surface area contributed by atoms with Crippen molar-refractivity contribution in [1.29, 1.82) is 0 Å². The molecule has 0 bridgehead atoms. The van der Waals surface area contributed by atoms with Crippen LogP contribution in [-0.2, 0) is 24.3 Å². The molecule has 3 nitrogen and oxygen atoms in total. The highest BCUT2D eigenvalue weighted by Gasteiger charge is 2.10.